The van der Waals surface area contributed by atoms with Gasteiger partial charge in [-0.05, 0) is 61.6 Å². The van der Waals surface area contributed by atoms with Gasteiger partial charge in [-0.1, -0.05) is 38.3 Å². The van der Waals surface area contributed by atoms with E-state index in [1.165, 1.54) is 40.3 Å². The fraction of sp³-hybridized carbons (Fsp3) is 0.478. The molecule has 2 nitrogen and oxygen atoms in total. The van der Waals surface area contributed by atoms with Gasteiger partial charge in [-0.15, -0.1) is 11.3 Å². The van der Waals surface area contributed by atoms with Crippen molar-refractivity contribution in [3.63, 3.8) is 0 Å². The summed E-state index contributed by atoms with van der Waals surface area (Å²) in [6.45, 7) is 5.26. The summed E-state index contributed by atoms with van der Waals surface area (Å²) in [4.78, 5) is 2.85. The van der Waals surface area contributed by atoms with E-state index in [4.69, 9.17) is 4.74 Å². The van der Waals surface area contributed by atoms with Crippen molar-refractivity contribution >= 4 is 17.0 Å². The summed E-state index contributed by atoms with van der Waals surface area (Å²) in [6, 6.07) is 11.6. The Morgan fingerprint density at radius 3 is 2.88 bits per heavy atom. The second-order valence-electron chi connectivity index (χ2n) is 7.58. The molecule has 1 aliphatic carbocycles. The Morgan fingerprint density at radius 2 is 2.08 bits per heavy atom. The Balaban J connectivity index is 1.51. The van der Waals surface area contributed by atoms with Crippen molar-refractivity contribution in [3.8, 4) is 5.75 Å². The summed E-state index contributed by atoms with van der Waals surface area (Å²) >= 11 is 1.92. The zero-order valence-corrected chi connectivity index (χ0v) is 16.6. The van der Waals surface area contributed by atoms with Crippen molar-refractivity contribution in [2.24, 2.45) is 5.92 Å². The molecular weight excluding hydrogens is 338 g/mol. The Bertz CT molecular complexity index is 778. The van der Waals surface area contributed by atoms with E-state index in [1.807, 2.05) is 11.3 Å². The van der Waals surface area contributed by atoms with Crippen LogP contribution in [0.4, 0.5) is 5.69 Å². The van der Waals surface area contributed by atoms with Gasteiger partial charge in [0, 0.05) is 21.4 Å². The monoisotopic (exact) mass is 367 g/mol. The van der Waals surface area contributed by atoms with Gasteiger partial charge in [0.05, 0.1) is 12.6 Å². The van der Waals surface area contributed by atoms with Gasteiger partial charge in [-0.25, -0.2) is 0 Å². The quantitative estimate of drug-likeness (QED) is 0.427. The highest BCUT2D eigenvalue weighted by Gasteiger charge is 2.38. The molecule has 0 spiro atoms. The topological polar surface area (TPSA) is 21.3 Å². The number of allylic oxidation sites excluding steroid dienone is 2. The van der Waals surface area contributed by atoms with Crippen LogP contribution in [-0.2, 0) is 0 Å². The molecule has 3 atom stereocenters. The lowest BCUT2D eigenvalue weighted by molar-refractivity contribution is 0.304. The molecule has 3 unspecified atom stereocenters. The summed E-state index contributed by atoms with van der Waals surface area (Å²) in [7, 11) is 0. The molecule has 2 aliphatic rings. The number of unbranched alkanes of at least 4 members (excludes halogenated alkanes) is 3. The first-order valence-corrected chi connectivity index (χ1v) is 10.8. The van der Waals surface area contributed by atoms with Crippen molar-refractivity contribution < 1.29 is 4.74 Å². The second-order valence-corrected chi connectivity index (χ2v) is 8.90. The van der Waals surface area contributed by atoms with E-state index in [9.17, 15) is 0 Å². The highest BCUT2D eigenvalue weighted by molar-refractivity contribution is 7.12. The van der Waals surface area contributed by atoms with Gasteiger partial charge in [-0.3, -0.25) is 0 Å². The van der Waals surface area contributed by atoms with E-state index in [0.29, 0.717) is 17.9 Å². The van der Waals surface area contributed by atoms with E-state index in [0.717, 1.165) is 25.2 Å². The highest BCUT2D eigenvalue weighted by Crippen LogP contribution is 2.51. The first-order valence-electron chi connectivity index (χ1n) is 10.0. The van der Waals surface area contributed by atoms with Crippen LogP contribution in [0.5, 0.6) is 5.75 Å². The Labute approximate surface area is 161 Å². The average Bonchev–Trinajstić information content (AvgIpc) is 3.30. The van der Waals surface area contributed by atoms with E-state index in [-0.39, 0.29) is 0 Å². The number of aryl methyl sites for hydroxylation is 1. The van der Waals surface area contributed by atoms with Gasteiger partial charge >= 0.3 is 0 Å². The third-order valence-corrected chi connectivity index (χ3v) is 6.75. The molecule has 138 valence electrons. The van der Waals surface area contributed by atoms with Crippen LogP contribution in [0.15, 0.2) is 42.5 Å². The summed E-state index contributed by atoms with van der Waals surface area (Å²) < 4.78 is 6.03. The summed E-state index contributed by atoms with van der Waals surface area (Å²) in [5.41, 5.74) is 2.67. The van der Waals surface area contributed by atoms with E-state index in [1.54, 1.807) is 0 Å². The third-order valence-electron chi connectivity index (χ3n) is 5.67. The standard InChI is InChI=1S/C23H29NOS/c1-3-4-5-6-14-25-17-11-12-21-20(15-17)18-8-7-9-19(18)23(24-21)22-13-10-16(2)26-22/h7-8,10-13,15,18-19,23-24H,3-6,9,14H2,1-2H3. The fourth-order valence-corrected chi connectivity index (χ4v) is 5.29. The molecule has 4 rings (SSSR count). The maximum absolute atomic E-state index is 6.03. The molecule has 0 saturated carbocycles. The molecule has 3 heteroatoms. The zero-order chi connectivity index (χ0) is 17.9. The molecule has 1 aromatic heterocycles. The average molecular weight is 368 g/mol. The van der Waals surface area contributed by atoms with Crippen molar-refractivity contribution in [1.82, 2.24) is 0 Å². The zero-order valence-electron chi connectivity index (χ0n) is 15.8. The van der Waals surface area contributed by atoms with E-state index in [2.05, 4.69) is 61.6 Å². The maximum atomic E-state index is 6.03. The fourth-order valence-electron chi connectivity index (χ4n) is 4.28. The predicted molar refractivity (Wildman–Crippen MR) is 111 cm³/mol. The van der Waals surface area contributed by atoms with Gasteiger partial charge in [0.15, 0.2) is 0 Å². The Morgan fingerprint density at radius 1 is 1.15 bits per heavy atom. The molecule has 2 heterocycles. The normalized spacial score (nSPS) is 23.4. The lowest BCUT2D eigenvalue weighted by Gasteiger charge is -2.37. The van der Waals surface area contributed by atoms with Crippen LogP contribution in [0, 0.1) is 12.8 Å². The van der Waals surface area contributed by atoms with Crippen LogP contribution in [-0.4, -0.2) is 6.61 Å². The van der Waals surface area contributed by atoms with Gasteiger partial charge in [0.2, 0.25) is 0 Å². The molecule has 1 aliphatic heterocycles. The number of hydrogen-bond donors (Lipinski definition) is 1. The largest absolute Gasteiger partial charge is 0.494 e. The number of ether oxygens (including phenoxy) is 1. The molecule has 0 bridgehead atoms. The highest BCUT2D eigenvalue weighted by atomic mass is 32.1. The first kappa shape index (κ1) is 17.7. The lowest BCUT2D eigenvalue weighted by atomic mass is 9.79. The predicted octanol–water partition coefficient (Wildman–Crippen LogP) is 6.84. The second kappa shape index (κ2) is 7.87. The molecule has 0 amide bonds. The molecule has 1 aromatic carbocycles. The van der Waals surface area contributed by atoms with Gasteiger partial charge in [0.1, 0.15) is 5.75 Å². The van der Waals surface area contributed by atoms with Crippen molar-refractivity contribution in [2.75, 3.05) is 11.9 Å². The summed E-state index contributed by atoms with van der Waals surface area (Å²) in [6.07, 6.45) is 10.9. The van der Waals surface area contributed by atoms with E-state index >= 15 is 0 Å². The summed E-state index contributed by atoms with van der Waals surface area (Å²) in [5, 5.41) is 3.82. The Hall–Kier alpha value is -1.74. The molecule has 0 radical (unpaired) electrons. The van der Waals surface area contributed by atoms with E-state index < -0.39 is 0 Å². The third kappa shape index (κ3) is 3.55. The van der Waals surface area contributed by atoms with Gasteiger partial charge in [-0.2, -0.15) is 0 Å². The molecular formula is C23H29NOS. The molecule has 2 aromatic rings. The number of nitrogens with one attached hydrogen (secondary N) is 1. The van der Waals surface area contributed by atoms with Gasteiger partial charge in [0.25, 0.3) is 0 Å². The minimum Gasteiger partial charge on any atom is -0.494 e. The SMILES string of the molecule is CCCCCCOc1ccc2c(c1)C1C=CCC1C(c1ccc(C)s1)N2. The smallest absolute Gasteiger partial charge is 0.119 e. The van der Waals surface area contributed by atoms with Crippen molar-refractivity contribution in [3.05, 3.63) is 57.8 Å². The number of fused-ring (bicyclic) bond motifs is 3. The molecule has 0 fully saturated rings. The van der Waals surface area contributed by atoms with Crippen LogP contribution in [0.25, 0.3) is 0 Å². The lowest BCUT2D eigenvalue weighted by Crippen LogP contribution is -2.28. The van der Waals surface area contributed by atoms with Crippen molar-refractivity contribution in [1.29, 1.82) is 0 Å². The number of benzene rings is 1. The van der Waals surface area contributed by atoms with Crippen LogP contribution in [0.1, 0.15) is 66.3 Å². The van der Waals surface area contributed by atoms with Gasteiger partial charge < -0.3 is 10.1 Å². The minimum atomic E-state index is 0.419. The summed E-state index contributed by atoms with van der Waals surface area (Å²) in [5.74, 6) is 2.13. The maximum Gasteiger partial charge on any atom is 0.119 e. The first-order chi connectivity index (χ1) is 12.8. The molecule has 0 saturated heterocycles. The molecule has 26 heavy (non-hydrogen) atoms. The number of anilines is 1. The molecule has 1 N–H and O–H groups in total. The van der Waals surface area contributed by atoms with Crippen LogP contribution >= 0.6 is 11.3 Å². The number of hydrogen-bond acceptors (Lipinski definition) is 3. The van der Waals surface area contributed by atoms with Crippen LogP contribution < -0.4 is 10.1 Å². The minimum absolute atomic E-state index is 0.419. The van der Waals surface area contributed by atoms with Crippen LogP contribution in [0.2, 0.25) is 0 Å². The number of rotatable bonds is 7. The van der Waals surface area contributed by atoms with Crippen molar-refractivity contribution in [2.45, 2.75) is 57.9 Å². The number of thiophene rings is 1. The Kier molecular flexibility index (Phi) is 5.35. The van der Waals surface area contributed by atoms with Crippen LogP contribution in [0.3, 0.4) is 0 Å².